The van der Waals surface area contributed by atoms with Gasteiger partial charge in [0, 0.05) is 5.92 Å². The van der Waals surface area contributed by atoms with E-state index in [9.17, 15) is 25.5 Å². The van der Waals surface area contributed by atoms with E-state index in [4.69, 9.17) is 14.2 Å². The highest BCUT2D eigenvalue weighted by Crippen LogP contribution is 2.43. The minimum atomic E-state index is -1.52. The van der Waals surface area contributed by atoms with Gasteiger partial charge >= 0.3 is 0 Å². The molecule has 2 heterocycles. The van der Waals surface area contributed by atoms with Crippen LogP contribution in [0.25, 0.3) is 0 Å². The molecule has 0 spiro atoms. The van der Waals surface area contributed by atoms with E-state index in [1.165, 1.54) is 6.26 Å². The molecule has 2 fully saturated rings. The van der Waals surface area contributed by atoms with E-state index in [-0.39, 0.29) is 11.8 Å². The van der Waals surface area contributed by atoms with Crippen LogP contribution in [0.5, 0.6) is 0 Å². The van der Waals surface area contributed by atoms with E-state index >= 15 is 0 Å². The molecule has 0 bridgehead atoms. The number of hydrogen-bond acceptors (Lipinski definition) is 8. The third-order valence-electron chi connectivity index (χ3n) is 4.73. The quantitative estimate of drug-likeness (QED) is 0.384. The van der Waals surface area contributed by atoms with Crippen molar-refractivity contribution in [3.63, 3.8) is 0 Å². The summed E-state index contributed by atoms with van der Waals surface area (Å²) in [4.78, 5) is 0. The molecule has 1 saturated heterocycles. The number of hydrogen-bond donors (Lipinski definition) is 5. The molecule has 8 heteroatoms. The van der Waals surface area contributed by atoms with Gasteiger partial charge in [0.15, 0.2) is 6.29 Å². The van der Waals surface area contributed by atoms with Crippen LogP contribution >= 0.6 is 0 Å². The fraction of sp³-hybridized carbons (Fsp3) is 0.733. The molecule has 8 nitrogen and oxygen atoms in total. The zero-order valence-electron chi connectivity index (χ0n) is 12.4. The first-order valence-corrected chi connectivity index (χ1v) is 7.58. The maximum Gasteiger partial charge on any atom is 0.208 e. The van der Waals surface area contributed by atoms with Crippen LogP contribution in [0.15, 0.2) is 24.5 Å². The van der Waals surface area contributed by atoms with Crippen molar-refractivity contribution in [2.24, 2.45) is 11.8 Å². The highest BCUT2D eigenvalue weighted by atomic mass is 16.8. The Bertz CT molecular complexity index is 478. The summed E-state index contributed by atoms with van der Waals surface area (Å²) < 4.78 is 16.4. The lowest BCUT2D eigenvalue weighted by Gasteiger charge is -2.42. The van der Waals surface area contributed by atoms with Gasteiger partial charge in [-0.05, 0) is 12.5 Å². The first kappa shape index (κ1) is 16.8. The number of rotatable bonds is 3. The minimum Gasteiger partial charge on any atom is -0.472 e. The van der Waals surface area contributed by atoms with Gasteiger partial charge in [-0.2, -0.15) is 0 Å². The van der Waals surface area contributed by atoms with Gasteiger partial charge in [-0.15, -0.1) is 0 Å². The topological polar surface area (TPSA) is 129 Å². The summed E-state index contributed by atoms with van der Waals surface area (Å²) in [6.45, 7) is 3.39. The summed E-state index contributed by atoms with van der Waals surface area (Å²) in [5, 5.41) is 48.8. The number of fused-ring (bicyclic) bond motifs is 1. The largest absolute Gasteiger partial charge is 0.472 e. The van der Waals surface area contributed by atoms with Crippen molar-refractivity contribution in [1.82, 2.24) is 0 Å². The first-order chi connectivity index (χ1) is 10.9. The Morgan fingerprint density at radius 3 is 2.57 bits per heavy atom. The van der Waals surface area contributed by atoms with Crippen molar-refractivity contribution in [2.45, 2.75) is 49.5 Å². The van der Waals surface area contributed by atoms with E-state index < -0.39 is 49.7 Å². The van der Waals surface area contributed by atoms with Crippen molar-refractivity contribution in [3.8, 4) is 0 Å². The molecule has 3 aliphatic rings. The molecule has 1 saturated carbocycles. The van der Waals surface area contributed by atoms with Gasteiger partial charge < -0.3 is 39.7 Å². The van der Waals surface area contributed by atoms with Crippen molar-refractivity contribution in [1.29, 1.82) is 0 Å². The first-order valence-electron chi connectivity index (χ1n) is 7.58. The number of ether oxygens (including phenoxy) is 3. The Kier molecular flexibility index (Phi) is 4.75. The highest BCUT2D eigenvalue weighted by Gasteiger charge is 2.49. The smallest absolute Gasteiger partial charge is 0.208 e. The molecule has 0 radical (unpaired) electrons. The summed E-state index contributed by atoms with van der Waals surface area (Å²) in [6.07, 6.45) is -4.64. The molecular formula is C15H22O8. The predicted octanol–water partition coefficient (Wildman–Crippen LogP) is -1.77. The third kappa shape index (κ3) is 2.91. The molecule has 5 N–H and O–H groups in total. The standard InChI is InChI=1S/C15H22O8/c1-6-4-8(17)7-2-3-21-14(10(6)7)23-15-13(20)12(19)11(18)9(5-16)22-15/h2-3,7-20H,1,4-5H2/t7-,8+,9+,10+,11+,12-,13+,14-,15-/m0/s1. The van der Waals surface area contributed by atoms with Crippen molar-refractivity contribution in [3.05, 3.63) is 24.5 Å². The van der Waals surface area contributed by atoms with Crippen LogP contribution in [0.4, 0.5) is 0 Å². The normalized spacial score (nSPS) is 49.8. The van der Waals surface area contributed by atoms with Crippen LogP contribution in [0.2, 0.25) is 0 Å². The molecule has 9 atom stereocenters. The molecule has 0 unspecified atom stereocenters. The SMILES string of the molecule is C=C1C[C@@H](O)[C@@H]2C=CO[C@@H](O[C@@H]3O[C@H](CO)[C@@H](O)[C@H](O)[C@H]3O)[C@H]12. The van der Waals surface area contributed by atoms with Crippen molar-refractivity contribution >= 4 is 0 Å². The maximum atomic E-state index is 10.0. The molecule has 1 aliphatic carbocycles. The summed E-state index contributed by atoms with van der Waals surface area (Å²) in [7, 11) is 0. The summed E-state index contributed by atoms with van der Waals surface area (Å²) in [5.74, 6) is -0.506. The maximum absolute atomic E-state index is 10.0. The lowest BCUT2D eigenvalue weighted by molar-refractivity contribution is -0.339. The summed E-state index contributed by atoms with van der Waals surface area (Å²) >= 11 is 0. The molecule has 0 aromatic rings. The molecule has 0 aromatic heterocycles. The number of aliphatic hydroxyl groups excluding tert-OH is 5. The Morgan fingerprint density at radius 1 is 1.13 bits per heavy atom. The molecule has 3 rings (SSSR count). The monoisotopic (exact) mass is 330 g/mol. The Labute approximate surface area is 133 Å². The van der Waals surface area contributed by atoms with E-state index in [2.05, 4.69) is 6.58 Å². The van der Waals surface area contributed by atoms with Gasteiger partial charge in [-0.1, -0.05) is 12.2 Å². The minimum absolute atomic E-state index is 0.203. The van der Waals surface area contributed by atoms with Crippen LogP contribution in [-0.2, 0) is 14.2 Å². The van der Waals surface area contributed by atoms with Gasteiger partial charge in [0.2, 0.25) is 6.29 Å². The molecule has 0 aromatic carbocycles. The van der Waals surface area contributed by atoms with E-state index in [0.29, 0.717) is 6.42 Å². The van der Waals surface area contributed by atoms with E-state index in [0.717, 1.165) is 5.57 Å². The van der Waals surface area contributed by atoms with Crippen LogP contribution in [-0.4, -0.2) is 75.2 Å². The lowest BCUT2D eigenvalue weighted by atomic mass is 9.91. The average Bonchev–Trinajstić information content (AvgIpc) is 2.83. The third-order valence-corrected chi connectivity index (χ3v) is 4.73. The Balaban J connectivity index is 1.73. The van der Waals surface area contributed by atoms with Crippen LogP contribution < -0.4 is 0 Å². The molecule has 2 aliphatic heterocycles. The second-order valence-electron chi connectivity index (χ2n) is 6.20. The van der Waals surface area contributed by atoms with Gasteiger partial charge in [-0.25, -0.2) is 0 Å². The highest BCUT2D eigenvalue weighted by molar-refractivity contribution is 5.19. The van der Waals surface area contributed by atoms with Crippen molar-refractivity contribution in [2.75, 3.05) is 6.61 Å². The lowest BCUT2D eigenvalue weighted by Crippen LogP contribution is -2.60. The van der Waals surface area contributed by atoms with Gasteiger partial charge in [0.25, 0.3) is 0 Å². The summed E-state index contributed by atoms with van der Waals surface area (Å²) in [6, 6.07) is 0. The fourth-order valence-corrected chi connectivity index (χ4v) is 3.40. The molecule has 0 amide bonds. The van der Waals surface area contributed by atoms with Crippen LogP contribution in [0.1, 0.15) is 6.42 Å². The van der Waals surface area contributed by atoms with Crippen LogP contribution in [0.3, 0.4) is 0 Å². The zero-order chi connectivity index (χ0) is 16.7. The average molecular weight is 330 g/mol. The molecule has 130 valence electrons. The second kappa shape index (κ2) is 6.48. The van der Waals surface area contributed by atoms with Gasteiger partial charge in [0.05, 0.1) is 24.9 Å². The Morgan fingerprint density at radius 2 is 1.87 bits per heavy atom. The van der Waals surface area contributed by atoms with Gasteiger partial charge in [0.1, 0.15) is 24.4 Å². The van der Waals surface area contributed by atoms with Crippen LogP contribution in [0, 0.1) is 11.8 Å². The summed E-state index contributed by atoms with van der Waals surface area (Å²) in [5.41, 5.74) is 0.765. The fourth-order valence-electron chi connectivity index (χ4n) is 3.40. The Hall–Kier alpha value is -1.00. The van der Waals surface area contributed by atoms with E-state index in [1.54, 1.807) is 6.08 Å². The van der Waals surface area contributed by atoms with Gasteiger partial charge in [-0.3, -0.25) is 0 Å². The second-order valence-corrected chi connectivity index (χ2v) is 6.20. The number of aliphatic hydroxyl groups is 5. The molecular weight excluding hydrogens is 308 g/mol. The predicted molar refractivity (Wildman–Crippen MR) is 75.6 cm³/mol. The molecule has 23 heavy (non-hydrogen) atoms. The van der Waals surface area contributed by atoms with Crippen molar-refractivity contribution < 1.29 is 39.7 Å². The van der Waals surface area contributed by atoms with E-state index in [1.807, 2.05) is 0 Å². The zero-order valence-corrected chi connectivity index (χ0v) is 12.4.